The normalized spacial score (nSPS) is 19.5. The summed E-state index contributed by atoms with van der Waals surface area (Å²) in [6, 6.07) is 6.59. The van der Waals surface area contributed by atoms with Crippen LogP contribution in [0.15, 0.2) is 22.6 Å². The van der Waals surface area contributed by atoms with Gasteiger partial charge in [0.1, 0.15) is 5.52 Å². The fourth-order valence-electron chi connectivity index (χ4n) is 3.45. The highest BCUT2D eigenvalue weighted by Gasteiger charge is 2.26. The van der Waals surface area contributed by atoms with E-state index >= 15 is 0 Å². The van der Waals surface area contributed by atoms with Crippen LogP contribution >= 0.6 is 11.6 Å². The molecule has 1 saturated carbocycles. The van der Waals surface area contributed by atoms with Gasteiger partial charge in [-0.2, -0.15) is 4.98 Å². The molecule has 0 spiro atoms. The van der Waals surface area contributed by atoms with Crippen molar-refractivity contribution in [3.63, 3.8) is 0 Å². The zero-order chi connectivity index (χ0) is 16.5. The number of aromatic nitrogens is 1. The predicted octanol–water partition coefficient (Wildman–Crippen LogP) is 3.76. The van der Waals surface area contributed by atoms with Gasteiger partial charge in [0.25, 0.3) is 6.01 Å². The molecule has 2 heterocycles. The van der Waals surface area contributed by atoms with Gasteiger partial charge >= 0.3 is 0 Å². The molecule has 2 aliphatic rings. The summed E-state index contributed by atoms with van der Waals surface area (Å²) in [7, 11) is 0. The molecular formula is C18H22ClN3O2. The van der Waals surface area contributed by atoms with Gasteiger partial charge in [0, 0.05) is 36.6 Å². The number of halogens is 1. The van der Waals surface area contributed by atoms with Crippen LogP contribution in [0.25, 0.3) is 11.1 Å². The van der Waals surface area contributed by atoms with Crippen LogP contribution in [0.3, 0.4) is 0 Å². The third-order valence-electron chi connectivity index (χ3n) is 5.17. The third-order valence-corrected chi connectivity index (χ3v) is 5.40. The van der Waals surface area contributed by atoms with E-state index in [2.05, 4.69) is 15.2 Å². The second kappa shape index (κ2) is 6.63. The van der Waals surface area contributed by atoms with Crippen molar-refractivity contribution < 1.29 is 9.21 Å². The van der Waals surface area contributed by atoms with Crippen molar-refractivity contribution in [2.24, 2.45) is 5.92 Å². The number of nitrogens with zero attached hydrogens (tertiary/aromatic N) is 2. The molecule has 5 nitrogen and oxygen atoms in total. The average molecular weight is 348 g/mol. The first-order valence-corrected chi connectivity index (χ1v) is 9.15. The van der Waals surface area contributed by atoms with Gasteiger partial charge in [0.2, 0.25) is 5.91 Å². The molecule has 0 atom stereocenters. The summed E-state index contributed by atoms with van der Waals surface area (Å²) in [6.45, 7) is 1.75. The molecule has 1 N–H and O–H groups in total. The lowest BCUT2D eigenvalue weighted by Crippen LogP contribution is -2.41. The third kappa shape index (κ3) is 3.36. The van der Waals surface area contributed by atoms with Crippen molar-refractivity contribution in [1.82, 2.24) is 10.3 Å². The van der Waals surface area contributed by atoms with Gasteiger partial charge in [-0.05, 0) is 50.2 Å². The van der Waals surface area contributed by atoms with Crippen molar-refractivity contribution >= 4 is 34.6 Å². The molecule has 2 aromatic rings. The number of nitrogens with one attached hydrogen (secondary N) is 1. The number of piperidine rings is 1. The lowest BCUT2D eigenvalue weighted by Gasteiger charge is -2.31. The maximum atomic E-state index is 12.0. The van der Waals surface area contributed by atoms with Crippen LogP contribution < -0.4 is 10.2 Å². The van der Waals surface area contributed by atoms with Gasteiger partial charge in [-0.3, -0.25) is 4.79 Å². The molecule has 1 aromatic carbocycles. The van der Waals surface area contributed by atoms with Crippen molar-refractivity contribution in [3.8, 4) is 0 Å². The monoisotopic (exact) mass is 347 g/mol. The first-order chi connectivity index (χ1) is 11.7. The standard InChI is InChI=1S/C18H22ClN3O2/c19-13-4-5-15-16(11-13)24-18(21-15)22-8-6-12(7-9-22)10-17(23)20-14-2-1-3-14/h4-5,11-12,14H,1-3,6-10H2,(H,20,23). The van der Waals surface area contributed by atoms with E-state index in [4.69, 9.17) is 16.0 Å². The molecule has 1 aliphatic heterocycles. The molecule has 2 fully saturated rings. The number of hydrogen-bond donors (Lipinski definition) is 1. The van der Waals surface area contributed by atoms with E-state index in [1.807, 2.05) is 12.1 Å². The Kier molecular flexibility index (Phi) is 4.35. The molecule has 1 aliphatic carbocycles. The molecule has 1 saturated heterocycles. The van der Waals surface area contributed by atoms with Gasteiger partial charge in [0.15, 0.2) is 5.58 Å². The minimum Gasteiger partial charge on any atom is -0.423 e. The molecule has 6 heteroatoms. The zero-order valence-electron chi connectivity index (χ0n) is 13.6. The molecular weight excluding hydrogens is 326 g/mol. The molecule has 0 unspecified atom stereocenters. The molecule has 0 radical (unpaired) electrons. The van der Waals surface area contributed by atoms with Crippen LogP contribution in [-0.4, -0.2) is 30.0 Å². The SMILES string of the molecule is O=C(CC1CCN(c2nc3ccc(Cl)cc3o2)CC1)NC1CCC1. The quantitative estimate of drug-likeness (QED) is 0.915. The average Bonchev–Trinajstić information content (AvgIpc) is 2.95. The smallest absolute Gasteiger partial charge is 0.298 e. The Balaban J connectivity index is 1.32. The molecule has 4 rings (SSSR count). The van der Waals surface area contributed by atoms with E-state index in [0.29, 0.717) is 29.4 Å². The van der Waals surface area contributed by atoms with E-state index in [1.54, 1.807) is 6.07 Å². The van der Waals surface area contributed by atoms with Gasteiger partial charge < -0.3 is 14.6 Å². The number of anilines is 1. The zero-order valence-corrected chi connectivity index (χ0v) is 14.4. The number of fused-ring (bicyclic) bond motifs is 1. The van der Waals surface area contributed by atoms with Gasteiger partial charge in [-0.1, -0.05) is 11.6 Å². The number of rotatable bonds is 4. The largest absolute Gasteiger partial charge is 0.423 e. The van der Waals surface area contributed by atoms with Gasteiger partial charge in [-0.25, -0.2) is 0 Å². The number of amides is 1. The fourth-order valence-corrected chi connectivity index (χ4v) is 3.61. The summed E-state index contributed by atoms with van der Waals surface area (Å²) in [4.78, 5) is 18.8. The second-order valence-corrected chi connectivity index (χ2v) is 7.37. The van der Waals surface area contributed by atoms with Crippen LogP contribution in [0, 0.1) is 5.92 Å². The van der Waals surface area contributed by atoms with E-state index < -0.39 is 0 Å². The fraction of sp³-hybridized carbons (Fsp3) is 0.556. The summed E-state index contributed by atoms with van der Waals surface area (Å²) in [5, 5.41) is 3.79. The van der Waals surface area contributed by atoms with Gasteiger partial charge in [0.05, 0.1) is 0 Å². The van der Waals surface area contributed by atoms with Crippen LogP contribution in [0.5, 0.6) is 0 Å². The Bertz CT molecular complexity index is 733. The molecule has 24 heavy (non-hydrogen) atoms. The van der Waals surface area contributed by atoms with Crippen molar-refractivity contribution in [2.75, 3.05) is 18.0 Å². The number of carbonyl (C=O) groups is 1. The van der Waals surface area contributed by atoms with Crippen LogP contribution in [0.2, 0.25) is 5.02 Å². The van der Waals surface area contributed by atoms with Crippen LogP contribution in [0.4, 0.5) is 6.01 Å². The summed E-state index contributed by atoms with van der Waals surface area (Å²) >= 11 is 5.99. The number of hydrogen-bond acceptors (Lipinski definition) is 4. The molecule has 128 valence electrons. The van der Waals surface area contributed by atoms with Crippen molar-refractivity contribution in [3.05, 3.63) is 23.2 Å². The first kappa shape index (κ1) is 15.8. The molecule has 1 aromatic heterocycles. The maximum absolute atomic E-state index is 12.0. The topological polar surface area (TPSA) is 58.4 Å². The van der Waals surface area contributed by atoms with Crippen molar-refractivity contribution in [1.29, 1.82) is 0 Å². The first-order valence-electron chi connectivity index (χ1n) is 8.78. The maximum Gasteiger partial charge on any atom is 0.298 e. The summed E-state index contributed by atoms with van der Waals surface area (Å²) in [5.74, 6) is 0.676. The summed E-state index contributed by atoms with van der Waals surface area (Å²) < 4.78 is 5.83. The highest BCUT2D eigenvalue weighted by Crippen LogP contribution is 2.29. The summed E-state index contributed by atoms with van der Waals surface area (Å²) in [5.41, 5.74) is 1.55. The molecule has 1 amide bonds. The number of carbonyl (C=O) groups excluding carboxylic acids is 1. The number of oxazole rings is 1. The Morgan fingerprint density at radius 1 is 1.29 bits per heavy atom. The van der Waals surface area contributed by atoms with E-state index in [1.165, 1.54) is 6.42 Å². The molecule has 0 bridgehead atoms. The van der Waals surface area contributed by atoms with Crippen LogP contribution in [-0.2, 0) is 4.79 Å². The minimum absolute atomic E-state index is 0.217. The summed E-state index contributed by atoms with van der Waals surface area (Å²) in [6.07, 6.45) is 6.18. The van der Waals surface area contributed by atoms with E-state index in [-0.39, 0.29) is 5.91 Å². The van der Waals surface area contributed by atoms with Crippen molar-refractivity contribution in [2.45, 2.75) is 44.6 Å². The highest BCUT2D eigenvalue weighted by atomic mass is 35.5. The minimum atomic E-state index is 0.217. The Morgan fingerprint density at radius 3 is 2.79 bits per heavy atom. The number of benzene rings is 1. The predicted molar refractivity (Wildman–Crippen MR) is 94.4 cm³/mol. The lowest BCUT2D eigenvalue weighted by molar-refractivity contribution is -0.123. The lowest BCUT2D eigenvalue weighted by atomic mass is 9.91. The van der Waals surface area contributed by atoms with Crippen LogP contribution in [0.1, 0.15) is 38.5 Å². The Morgan fingerprint density at radius 2 is 2.08 bits per heavy atom. The van der Waals surface area contributed by atoms with E-state index in [9.17, 15) is 4.79 Å². The highest BCUT2D eigenvalue weighted by molar-refractivity contribution is 6.31. The van der Waals surface area contributed by atoms with Gasteiger partial charge in [-0.15, -0.1) is 0 Å². The Hall–Kier alpha value is -1.75. The second-order valence-electron chi connectivity index (χ2n) is 6.94. The Labute approximate surface area is 146 Å². The van der Waals surface area contributed by atoms with E-state index in [0.717, 1.165) is 49.9 Å².